The molecule has 2 atom stereocenters. The molecule has 0 aliphatic carbocycles. The number of benzene rings is 1. The highest BCUT2D eigenvalue weighted by molar-refractivity contribution is 5.94. The lowest BCUT2D eigenvalue weighted by atomic mass is 9.84. The summed E-state index contributed by atoms with van der Waals surface area (Å²) in [7, 11) is 5.15. The van der Waals surface area contributed by atoms with Crippen molar-refractivity contribution in [2.45, 2.75) is 18.9 Å². The van der Waals surface area contributed by atoms with Crippen LogP contribution < -0.4 is 10.1 Å². The Morgan fingerprint density at radius 1 is 1.28 bits per heavy atom. The summed E-state index contributed by atoms with van der Waals surface area (Å²) < 4.78 is 6.82. The standard InChI is InChI=1S/C18H22N4O3/c1-21-11-13(10-19-21)20-18(24)15-8-9-16(23)22(2)17(15)12-4-6-14(25-3)7-5-12/h4-7,10-11,15,17H,8-9H2,1-3H3,(H,20,24)/t15-,17-/m1/s1. The van der Waals surface area contributed by atoms with E-state index in [2.05, 4.69) is 10.4 Å². The maximum absolute atomic E-state index is 12.8. The average Bonchev–Trinajstić information content (AvgIpc) is 3.02. The Labute approximate surface area is 146 Å². The highest BCUT2D eigenvalue weighted by Crippen LogP contribution is 2.37. The van der Waals surface area contributed by atoms with Gasteiger partial charge in [-0.1, -0.05) is 12.1 Å². The molecule has 7 heteroatoms. The molecule has 0 bridgehead atoms. The van der Waals surface area contributed by atoms with Gasteiger partial charge in [0.05, 0.1) is 31.0 Å². The van der Waals surface area contributed by atoms with E-state index < -0.39 is 0 Å². The number of aromatic nitrogens is 2. The Hall–Kier alpha value is -2.83. The lowest BCUT2D eigenvalue weighted by Crippen LogP contribution is -2.44. The van der Waals surface area contributed by atoms with Gasteiger partial charge in [0, 0.05) is 26.7 Å². The van der Waals surface area contributed by atoms with E-state index in [4.69, 9.17) is 4.74 Å². The molecular weight excluding hydrogens is 320 g/mol. The van der Waals surface area contributed by atoms with Crippen molar-refractivity contribution in [3.05, 3.63) is 42.2 Å². The Balaban J connectivity index is 1.86. The number of methoxy groups -OCH3 is 1. The topological polar surface area (TPSA) is 76.5 Å². The van der Waals surface area contributed by atoms with Gasteiger partial charge in [0.25, 0.3) is 0 Å². The van der Waals surface area contributed by atoms with E-state index in [-0.39, 0.29) is 23.8 Å². The van der Waals surface area contributed by atoms with E-state index >= 15 is 0 Å². The third kappa shape index (κ3) is 3.50. The van der Waals surface area contributed by atoms with E-state index in [0.29, 0.717) is 18.5 Å². The van der Waals surface area contributed by atoms with Gasteiger partial charge in [-0.15, -0.1) is 0 Å². The number of hydrogen-bond donors (Lipinski definition) is 1. The van der Waals surface area contributed by atoms with Gasteiger partial charge in [0.2, 0.25) is 11.8 Å². The van der Waals surface area contributed by atoms with Crippen LogP contribution in [0.15, 0.2) is 36.7 Å². The molecule has 3 rings (SSSR count). The maximum Gasteiger partial charge on any atom is 0.230 e. The quantitative estimate of drug-likeness (QED) is 0.922. The van der Waals surface area contributed by atoms with Crippen LogP contribution in [-0.2, 0) is 16.6 Å². The molecule has 1 N–H and O–H groups in total. The van der Waals surface area contributed by atoms with Crippen molar-refractivity contribution in [2.24, 2.45) is 13.0 Å². The van der Waals surface area contributed by atoms with Crippen LogP contribution in [0, 0.1) is 5.92 Å². The molecule has 7 nitrogen and oxygen atoms in total. The first-order valence-electron chi connectivity index (χ1n) is 8.18. The van der Waals surface area contributed by atoms with Crippen LogP contribution in [0.1, 0.15) is 24.4 Å². The molecule has 1 aliphatic rings. The summed E-state index contributed by atoms with van der Waals surface area (Å²) in [6, 6.07) is 7.20. The molecule has 2 heterocycles. The van der Waals surface area contributed by atoms with Crippen molar-refractivity contribution in [3.63, 3.8) is 0 Å². The monoisotopic (exact) mass is 342 g/mol. The summed E-state index contributed by atoms with van der Waals surface area (Å²) in [6.07, 6.45) is 4.25. The summed E-state index contributed by atoms with van der Waals surface area (Å²) >= 11 is 0. The Morgan fingerprint density at radius 3 is 2.60 bits per heavy atom. The number of aryl methyl sites for hydroxylation is 1. The minimum Gasteiger partial charge on any atom is -0.497 e. The largest absolute Gasteiger partial charge is 0.497 e. The highest BCUT2D eigenvalue weighted by atomic mass is 16.5. The second kappa shape index (κ2) is 6.96. The first-order valence-corrected chi connectivity index (χ1v) is 8.18. The molecule has 0 saturated carbocycles. The van der Waals surface area contributed by atoms with Gasteiger partial charge in [0.1, 0.15) is 5.75 Å². The maximum atomic E-state index is 12.8. The Bertz CT molecular complexity index is 769. The van der Waals surface area contributed by atoms with E-state index in [0.717, 1.165) is 11.3 Å². The predicted molar refractivity (Wildman–Crippen MR) is 93.1 cm³/mol. The number of carbonyl (C=O) groups excluding carboxylic acids is 2. The molecule has 0 radical (unpaired) electrons. The number of ether oxygens (including phenoxy) is 1. The molecular formula is C18H22N4O3. The van der Waals surface area contributed by atoms with Gasteiger partial charge >= 0.3 is 0 Å². The van der Waals surface area contributed by atoms with Gasteiger partial charge in [-0.3, -0.25) is 14.3 Å². The summed E-state index contributed by atoms with van der Waals surface area (Å²) in [4.78, 5) is 26.7. The van der Waals surface area contributed by atoms with Crippen LogP contribution >= 0.6 is 0 Å². The first-order chi connectivity index (χ1) is 12.0. The first kappa shape index (κ1) is 17.0. The number of amides is 2. The molecule has 2 aromatic rings. The number of piperidine rings is 1. The van der Waals surface area contributed by atoms with Gasteiger partial charge in [-0.05, 0) is 24.1 Å². The number of rotatable bonds is 4. The van der Waals surface area contributed by atoms with Crippen molar-refractivity contribution in [2.75, 3.05) is 19.5 Å². The zero-order valence-electron chi connectivity index (χ0n) is 14.6. The highest BCUT2D eigenvalue weighted by Gasteiger charge is 2.38. The van der Waals surface area contributed by atoms with Crippen LogP contribution in [0.2, 0.25) is 0 Å². The van der Waals surface area contributed by atoms with Crippen LogP contribution in [0.3, 0.4) is 0 Å². The van der Waals surface area contributed by atoms with Crippen molar-refractivity contribution >= 4 is 17.5 Å². The van der Waals surface area contributed by atoms with Crippen molar-refractivity contribution < 1.29 is 14.3 Å². The second-order valence-corrected chi connectivity index (χ2v) is 6.26. The van der Waals surface area contributed by atoms with Gasteiger partial charge in [0.15, 0.2) is 0 Å². The van der Waals surface area contributed by atoms with Crippen LogP contribution in [-0.4, -0.2) is 40.7 Å². The fraction of sp³-hybridized carbons (Fsp3) is 0.389. The summed E-state index contributed by atoms with van der Waals surface area (Å²) in [6.45, 7) is 0. The van der Waals surface area contributed by atoms with E-state index in [1.807, 2.05) is 24.3 Å². The van der Waals surface area contributed by atoms with Crippen LogP contribution in [0.4, 0.5) is 5.69 Å². The molecule has 25 heavy (non-hydrogen) atoms. The van der Waals surface area contributed by atoms with Crippen molar-refractivity contribution in [1.29, 1.82) is 0 Å². The molecule has 0 spiro atoms. The van der Waals surface area contributed by atoms with E-state index in [9.17, 15) is 9.59 Å². The smallest absolute Gasteiger partial charge is 0.230 e. The van der Waals surface area contributed by atoms with E-state index in [1.165, 1.54) is 0 Å². The fourth-order valence-electron chi connectivity index (χ4n) is 3.29. The minimum absolute atomic E-state index is 0.0474. The Kier molecular flexibility index (Phi) is 4.74. The zero-order valence-corrected chi connectivity index (χ0v) is 14.6. The fourth-order valence-corrected chi connectivity index (χ4v) is 3.29. The number of nitrogens with zero attached hydrogens (tertiary/aromatic N) is 3. The molecule has 1 fully saturated rings. The van der Waals surface area contributed by atoms with Gasteiger partial charge in [-0.25, -0.2) is 0 Å². The average molecular weight is 342 g/mol. The zero-order chi connectivity index (χ0) is 18.0. The van der Waals surface area contributed by atoms with Gasteiger partial charge in [-0.2, -0.15) is 5.10 Å². The molecule has 1 saturated heterocycles. The number of anilines is 1. The summed E-state index contributed by atoms with van der Waals surface area (Å²) in [5.74, 6) is 0.362. The molecule has 0 unspecified atom stereocenters. The molecule has 1 aromatic heterocycles. The third-order valence-corrected chi connectivity index (χ3v) is 4.63. The van der Waals surface area contributed by atoms with Gasteiger partial charge < -0.3 is 15.0 Å². The summed E-state index contributed by atoms with van der Waals surface area (Å²) in [5.41, 5.74) is 1.57. The number of likely N-dealkylation sites (tertiary alicyclic amines) is 1. The van der Waals surface area contributed by atoms with Crippen molar-refractivity contribution in [1.82, 2.24) is 14.7 Å². The predicted octanol–water partition coefficient (Wildman–Crippen LogP) is 1.98. The third-order valence-electron chi connectivity index (χ3n) is 4.63. The van der Waals surface area contributed by atoms with E-state index in [1.54, 1.807) is 43.2 Å². The molecule has 132 valence electrons. The summed E-state index contributed by atoms with van der Waals surface area (Å²) in [5, 5.41) is 6.97. The number of nitrogens with one attached hydrogen (secondary N) is 1. The lowest BCUT2D eigenvalue weighted by molar-refractivity contribution is -0.140. The lowest BCUT2D eigenvalue weighted by Gasteiger charge is -2.38. The van der Waals surface area contributed by atoms with Crippen LogP contribution in [0.5, 0.6) is 5.75 Å². The molecule has 2 amide bonds. The number of hydrogen-bond acceptors (Lipinski definition) is 4. The van der Waals surface area contributed by atoms with Crippen molar-refractivity contribution in [3.8, 4) is 5.75 Å². The minimum atomic E-state index is -0.323. The normalized spacial score (nSPS) is 20.4. The molecule has 1 aromatic carbocycles. The second-order valence-electron chi connectivity index (χ2n) is 6.26. The van der Waals surface area contributed by atoms with Crippen LogP contribution in [0.25, 0.3) is 0 Å². The Morgan fingerprint density at radius 2 is 2.00 bits per heavy atom. The molecule has 1 aliphatic heterocycles. The SMILES string of the molecule is COc1ccc([C@@H]2[C@H](C(=O)Nc3cnn(C)c3)CCC(=O)N2C)cc1. The number of carbonyl (C=O) groups is 2.